The van der Waals surface area contributed by atoms with E-state index in [1.165, 1.54) is 118 Å². The monoisotopic (exact) mass is 387 g/mol. The van der Waals surface area contributed by atoms with E-state index < -0.39 is 0 Å². The molecule has 0 spiro atoms. The van der Waals surface area contributed by atoms with E-state index in [1.807, 2.05) is 11.8 Å². The predicted molar refractivity (Wildman–Crippen MR) is 122 cm³/mol. The van der Waals surface area contributed by atoms with E-state index in [2.05, 4.69) is 25.0 Å². The highest BCUT2D eigenvalue weighted by Gasteiger charge is 2.28. The van der Waals surface area contributed by atoms with E-state index in [9.17, 15) is 0 Å². The van der Waals surface area contributed by atoms with Crippen LogP contribution in [0.5, 0.6) is 0 Å². The number of thioether (sulfide) groups is 1. The fourth-order valence-corrected chi connectivity index (χ4v) is 6.38. The molecule has 0 aromatic carbocycles. The molecule has 2 fully saturated rings. The Bertz CT molecular complexity index is 531. The molecule has 2 heteroatoms. The van der Waals surface area contributed by atoms with Gasteiger partial charge in [0.05, 0.1) is 0 Å². The minimum atomic E-state index is 0.708. The smallest absolute Gasteiger partial charge is 0.0436 e. The molecule has 0 aromatic rings. The number of allylic oxidation sites excluding steroid dienone is 1. The first-order valence-corrected chi connectivity index (χ1v) is 12.5. The van der Waals surface area contributed by atoms with Crippen molar-refractivity contribution >= 4 is 11.8 Å². The van der Waals surface area contributed by atoms with E-state index >= 15 is 0 Å². The Morgan fingerprint density at radius 3 is 1.96 bits per heavy atom. The van der Waals surface area contributed by atoms with Crippen molar-refractivity contribution in [2.45, 2.75) is 109 Å². The van der Waals surface area contributed by atoms with Gasteiger partial charge in [-0.2, -0.15) is 0 Å². The summed E-state index contributed by atoms with van der Waals surface area (Å²) in [4.78, 5) is 5.54. The van der Waals surface area contributed by atoms with Gasteiger partial charge in [-0.05, 0) is 49.9 Å². The third-order valence-electron chi connectivity index (χ3n) is 7.03. The van der Waals surface area contributed by atoms with E-state index in [0.717, 1.165) is 6.04 Å². The lowest BCUT2D eigenvalue weighted by Crippen LogP contribution is -2.38. The molecule has 1 nitrogen and oxygen atoms in total. The van der Waals surface area contributed by atoms with Gasteiger partial charge in [-0.1, -0.05) is 94.7 Å². The summed E-state index contributed by atoms with van der Waals surface area (Å²) >= 11 is 1.98. The molecule has 0 amide bonds. The molecule has 2 aliphatic carbocycles. The van der Waals surface area contributed by atoms with Crippen molar-refractivity contribution in [2.75, 3.05) is 6.54 Å². The van der Waals surface area contributed by atoms with Crippen LogP contribution in [0.15, 0.2) is 34.2 Å². The summed E-state index contributed by atoms with van der Waals surface area (Å²) in [5.41, 5.74) is 2.85. The highest BCUT2D eigenvalue weighted by molar-refractivity contribution is 8.07. The van der Waals surface area contributed by atoms with Crippen molar-refractivity contribution in [2.24, 2.45) is 5.92 Å². The number of nitrogens with zero attached hydrogens (tertiary/aromatic N) is 1. The van der Waals surface area contributed by atoms with Crippen LogP contribution >= 0.6 is 11.8 Å². The fraction of sp³-hybridized carbons (Fsp3) is 0.760. The Kier molecular flexibility index (Phi) is 8.43. The lowest BCUT2D eigenvalue weighted by Gasteiger charge is -2.40. The average molecular weight is 388 g/mol. The van der Waals surface area contributed by atoms with Gasteiger partial charge in [0.25, 0.3) is 0 Å². The van der Waals surface area contributed by atoms with Gasteiger partial charge in [0.1, 0.15) is 0 Å². The number of hydrogen-bond donors (Lipinski definition) is 0. The van der Waals surface area contributed by atoms with E-state index in [4.69, 9.17) is 0 Å². The third kappa shape index (κ3) is 5.92. The molecule has 3 aliphatic rings. The molecular formula is C25H41NS. The Labute approximate surface area is 172 Å². The summed E-state index contributed by atoms with van der Waals surface area (Å²) in [6.45, 7) is 12.6. The maximum atomic E-state index is 4.59. The van der Waals surface area contributed by atoms with Crippen molar-refractivity contribution < 1.29 is 0 Å². The first-order chi connectivity index (χ1) is 13.2. The molecule has 152 valence electrons. The van der Waals surface area contributed by atoms with Crippen LogP contribution in [-0.4, -0.2) is 17.5 Å². The second kappa shape index (κ2) is 10.8. The third-order valence-corrected chi connectivity index (χ3v) is 8.42. The Morgan fingerprint density at radius 2 is 1.37 bits per heavy atom. The second-order valence-corrected chi connectivity index (χ2v) is 10.2. The maximum absolute atomic E-state index is 4.59. The first kappa shape index (κ1) is 21.1. The molecule has 0 unspecified atom stereocenters. The van der Waals surface area contributed by atoms with Gasteiger partial charge in [0.2, 0.25) is 0 Å². The van der Waals surface area contributed by atoms with Gasteiger partial charge in [-0.15, -0.1) is 0 Å². The van der Waals surface area contributed by atoms with Gasteiger partial charge < -0.3 is 4.90 Å². The normalized spacial score (nSPS) is 24.9. The molecule has 27 heavy (non-hydrogen) atoms. The fourth-order valence-electron chi connectivity index (χ4n) is 5.20. The number of hydrogen-bond acceptors (Lipinski definition) is 2. The summed E-state index contributed by atoms with van der Waals surface area (Å²) in [6, 6.07) is 0.719. The average Bonchev–Trinajstić information content (AvgIpc) is 2.59. The largest absolute Gasteiger partial charge is 0.368 e. The molecule has 0 atom stereocenters. The highest BCUT2D eigenvalue weighted by atomic mass is 32.2. The quantitative estimate of drug-likeness (QED) is 0.478. The summed E-state index contributed by atoms with van der Waals surface area (Å²) in [5.74, 6) is 0.708. The zero-order valence-electron chi connectivity index (χ0n) is 17.7. The Balaban J connectivity index is 1.64. The molecule has 1 heterocycles. The van der Waals surface area contributed by atoms with Crippen LogP contribution in [0.2, 0.25) is 0 Å². The lowest BCUT2D eigenvalue weighted by molar-refractivity contribution is 0.213. The number of rotatable bonds is 4. The minimum absolute atomic E-state index is 0.708. The van der Waals surface area contributed by atoms with Crippen molar-refractivity contribution in [3.05, 3.63) is 34.2 Å². The van der Waals surface area contributed by atoms with Gasteiger partial charge in [-0.3, -0.25) is 0 Å². The SMILES string of the molecule is C=C(SC1=C(C)CCN(C2CCCCCCC2)C1=C)C1CCCCCCC1. The Morgan fingerprint density at radius 1 is 0.852 bits per heavy atom. The first-order valence-electron chi connectivity index (χ1n) is 11.7. The molecule has 0 aromatic heterocycles. The summed E-state index contributed by atoms with van der Waals surface area (Å²) in [6.07, 6.45) is 20.7. The summed E-state index contributed by atoms with van der Waals surface area (Å²) in [7, 11) is 0. The van der Waals surface area contributed by atoms with Crippen LogP contribution in [-0.2, 0) is 0 Å². The van der Waals surface area contributed by atoms with Gasteiger partial charge in [-0.25, -0.2) is 0 Å². The van der Waals surface area contributed by atoms with Crippen molar-refractivity contribution in [3.63, 3.8) is 0 Å². The van der Waals surface area contributed by atoms with Crippen LogP contribution in [0.3, 0.4) is 0 Å². The topological polar surface area (TPSA) is 3.24 Å². The summed E-state index contributed by atoms with van der Waals surface area (Å²) < 4.78 is 0. The van der Waals surface area contributed by atoms with Crippen LogP contribution in [0.4, 0.5) is 0 Å². The highest BCUT2D eigenvalue weighted by Crippen LogP contribution is 2.44. The molecule has 0 N–H and O–H groups in total. The van der Waals surface area contributed by atoms with Gasteiger partial charge in [0.15, 0.2) is 0 Å². The standard InChI is InChI=1S/C25H41NS/c1-20-18-19-26(24-16-12-8-5-9-13-17-24)21(2)25(20)27-22(3)23-14-10-6-4-7-11-15-23/h23-24H,2-19H2,1H3. The summed E-state index contributed by atoms with van der Waals surface area (Å²) in [5, 5.41) is 0. The molecule has 0 bridgehead atoms. The molecule has 2 saturated carbocycles. The van der Waals surface area contributed by atoms with Crippen LogP contribution in [0.25, 0.3) is 0 Å². The van der Waals surface area contributed by atoms with E-state index in [-0.39, 0.29) is 0 Å². The van der Waals surface area contributed by atoms with Gasteiger partial charge in [0, 0.05) is 23.2 Å². The van der Waals surface area contributed by atoms with Crippen molar-refractivity contribution in [1.82, 2.24) is 4.90 Å². The van der Waals surface area contributed by atoms with E-state index in [0.29, 0.717) is 5.92 Å². The molecular weight excluding hydrogens is 346 g/mol. The van der Waals surface area contributed by atoms with Crippen LogP contribution in [0, 0.1) is 5.92 Å². The minimum Gasteiger partial charge on any atom is -0.368 e. The van der Waals surface area contributed by atoms with E-state index in [1.54, 1.807) is 5.57 Å². The van der Waals surface area contributed by atoms with Gasteiger partial charge >= 0.3 is 0 Å². The van der Waals surface area contributed by atoms with Crippen molar-refractivity contribution in [3.8, 4) is 0 Å². The zero-order valence-corrected chi connectivity index (χ0v) is 18.6. The molecule has 0 saturated heterocycles. The van der Waals surface area contributed by atoms with Crippen LogP contribution < -0.4 is 0 Å². The molecule has 3 rings (SSSR count). The maximum Gasteiger partial charge on any atom is 0.0436 e. The predicted octanol–water partition coefficient (Wildman–Crippen LogP) is 8.20. The van der Waals surface area contributed by atoms with Crippen molar-refractivity contribution in [1.29, 1.82) is 0 Å². The molecule has 1 aliphatic heterocycles. The molecule has 0 radical (unpaired) electrons. The lowest BCUT2D eigenvalue weighted by atomic mass is 9.91. The zero-order chi connectivity index (χ0) is 19.1. The van der Waals surface area contributed by atoms with Crippen LogP contribution in [0.1, 0.15) is 103 Å². The Hall–Kier alpha value is -0.630. The second-order valence-electron chi connectivity index (χ2n) is 9.11.